The van der Waals surface area contributed by atoms with Crippen LogP contribution in [0.4, 0.5) is 0 Å². The average molecular weight is 296 g/mol. The van der Waals surface area contributed by atoms with Crippen LogP contribution in [0.1, 0.15) is 56.3 Å². The van der Waals surface area contributed by atoms with E-state index in [0.29, 0.717) is 6.42 Å². The van der Waals surface area contributed by atoms with Crippen molar-refractivity contribution in [3.05, 3.63) is 71.8 Å². The number of esters is 1. The number of carbonyl (C=O) groups is 1. The predicted molar refractivity (Wildman–Crippen MR) is 89.6 cm³/mol. The summed E-state index contributed by atoms with van der Waals surface area (Å²) in [7, 11) is 0. The molecule has 0 saturated carbocycles. The highest BCUT2D eigenvalue weighted by Crippen LogP contribution is 2.26. The molecule has 2 nitrogen and oxygen atoms in total. The van der Waals surface area contributed by atoms with Gasteiger partial charge in [-0.05, 0) is 17.5 Å². The maximum Gasteiger partial charge on any atom is 0.306 e. The molecule has 0 spiro atoms. The molecule has 0 unspecified atom stereocenters. The molecule has 2 aromatic rings. The third-order valence-corrected chi connectivity index (χ3v) is 3.69. The van der Waals surface area contributed by atoms with E-state index in [1.54, 1.807) is 0 Å². The zero-order chi connectivity index (χ0) is 15.6. The minimum absolute atomic E-state index is 0.117. The van der Waals surface area contributed by atoms with E-state index in [-0.39, 0.29) is 12.1 Å². The van der Waals surface area contributed by atoms with Gasteiger partial charge >= 0.3 is 5.97 Å². The quantitative estimate of drug-likeness (QED) is 0.488. The lowest BCUT2D eigenvalue weighted by Gasteiger charge is -2.19. The molecule has 0 aliphatic carbocycles. The van der Waals surface area contributed by atoms with Crippen molar-refractivity contribution in [3.63, 3.8) is 0 Å². The summed E-state index contributed by atoms with van der Waals surface area (Å²) in [5.41, 5.74) is 2.02. The van der Waals surface area contributed by atoms with E-state index in [4.69, 9.17) is 4.74 Å². The topological polar surface area (TPSA) is 26.3 Å². The Morgan fingerprint density at radius 3 is 1.91 bits per heavy atom. The van der Waals surface area contributed by atoms with Crippen LogP contribution in [0.2, 0.25) is 0 Å². The molecular formula is C20H24O2. The Balaban J connectivity index is 2.04. The number of benzene rings is 2. The molecule has 0 aromatic heterocycles. The molecule has 0 saturated heterocycles. The highest BCUT2D eigenvalue weighted by molar-refractivity contribution is 5.70. The van der Waals surface area contributed by atoms with Crippen LogP contribution < -0.4 is 0 Å². The fraction of sp³-hybridized carbons (Fsp3) is 0.350. The number of unbranched alkanes of at least 4 members (excludes halogenated alkanes) is 3. The lowest BCUT2D eigenvalue weighted by atomic mass is 10.0. The van der Waals surface area contributed by atoms with E-state index in [9.17, 15) is 4.79 Å². The van der Waals surface area contributed by atoms with Crippen molar-refractivity contribution in [2.24, 2.45) is 0 Å². The first-order valence-electron chi connectivity index (χ1n) is 8.10. The Morgan fingerprint density at radius 1 is 0.864 bits per heavy atom. The monoisotopic (exact) mass is 296 g/mol. The lowest BCUT2D eigenvalue weighted by molar-refractivity contribution is -0.147. The molecule has 0 amide bonds. The van der Waals surface area contributed by atoms with Gasteiger partial charge in [0.25, 0.3) is 0 Å². The van der Waals surface area contributed by atoms with Crippen molar-refractivity contribution in [3.8, 4) is 0 Å². The summed E-state index contributed by atoms with van der Waals surface area (Å²) >= 11 is 0. The van der Waals surface area contributed by atoms with E-state index < -0.39 is 0 Å². The summed E-state index contributed by atoms with van der Waals surface area (Å²) in [4.78, 5) is 12.1. The molecule has 0 radical (unpaired) electrons. The minimum atomic E-state index is -0.318. The first-order chi connectivity index (χ1) is 10.8. The predicted octanol–water partition coefficient (Wildman–Crippen LogP) is 5.29. The van der Waals surface area contributed by atoms with Crippen LogP contribution in [-0.2, 0) is 9.53 Å². The van der Waals surface area contributed by atoms with Gasteiger partial charge in [0.15, 0.2) is 6.10 Å². The number of rotatable bonds is 8. The second-order valence-corrected chi connectivity index (χ2v) is 5.50. The molecule has 0 bridgehead atoms. The second kappa shape index (κ2) is 9.04. The maximum atomic E-state index is 12.1. The fourth-order valence-electron chi connectivity index (χ4n) is 2.47. The highest BCUT2D eigenvalue weighted by Gasteiger charge is 2.18. The van der Waals surface area contributed by atoms with Crippen molar-refractivity contribution in [2.75, 3.05) is 0 Å². The zero-order valence-corrected chi connectivity index (χ0v) is 13.2. The van der Waals surface area contributed by atoms with E-state index in [1.165, 1.54) is 12.8 Å². The van der Waals surface area contributed by atoms with Crippen LogP contribution in [0, 0.1) is 0 Å². The fourth-order valence-corrected chi connectivity index (χ4v) is 2.47. The lowest BCUT2D eigenvalue weighted by Crippen LogP contribution is -2.12. The average Bonchev–Trinajstić information content (AvgIpc) is 2.58. The van der Waals surface area contributed by atoms with Crippen LogP contribution in [0.3, 0.4) is 0 Å². The molecule has 0 aliphatic rings. The Bertz CT molecular complexity index is 509. The first kappa shape index (κ1) is 16.3. The van der Waals surface area contributed by atoms with Crippen LogP contribution in [0.15, 0.2) is 60.7 Å². The van der Waals surface area contributed by atoms with Gasteiger partial charge in [-0.2, -0.15) is 0 Å². The first-order valence-corrected chi connectivity index (χ1v) is 8.10. The standard InChI is InChI=1S/C20H24O2/c1-2-3-4-11-16-19(21)22-20(17-12-7-5-8-13-17)18-14-9-6-10-15-18/h5-10,12-15,20H,2-4,11,16H2,1H3. The molecule has 2 heteroatoms. The van der Waals surface area contributed by atoms with Gasteiger partial charge < -0.3 is 4.74 Å². The normalized spacial score (nSPS) is 10.6. The molecule has 0 atom stereocenters. The van der Waals surface area contributed by atoms with E-state index >= 15 is 0 Å². The molecule has 0 heterocycles. The molecule has 0 N–H and O–H groups in total. The summed E-state index contributed by atoms with van der Waals surface area (Å²) in [5, 5.41) is 0. The van der Waals surface area contributed by atoms with Gasteiger partial charge in [-0.25, -0.2) is 0 Å². The van der Waals surface area contributed by atoms with Crippen LogP contribution in [0.25, 0.3) is 0 Å². The summed E-state index contributed by atoms with van der Waals surface area (Å²) < 4.78 is 5.76. The summed E-state index contributed by atoms with van der Waals surface area (Å²) in [6.07, 6.45) is 4.52. The van der Waals surface area contributed by atoms with E-state index in [0.717, 1.165) is 24.0 Å². The zero-order valence-electron chi connectivity index (χ0n) is 13.2. The Labute approximate surface area is 133 Å². The maximum absolute atomic E-state index is 12.1. The van der Waals surface area contributed by atoms with Crippen LogP contribution in [0.5, 0.6) is 0 Å². The number of carbonyl (C=O) groups excluding carboxylic acids is 1. The third-order valence-electron chi connectivity index (χ3n) is 3.69. The van der Waals surface area contributed by atoms with Gasteiger partial charge in [-0.3, -0.25) is 4.79 Å². The Morgan fingerprint density at radius 2 is 1.41 bits per heavy atom. The van der Waals surface area contributed by atoms with Gasteiger partial charge in [0.05, 0.1) is 0 Å². The van der Waals surface area contributed by atoms with Crippen LogP contribution >= 0.6 is 0 Å². The summed E-state index contributed by atoms with van der Waals surface area (Å²) in [5.74, 6) is -0.117. The third kappa shape index (κ3) is 5.03. The van der Waals surface area contributed by atoms with Gasteiger partial charge in [0.1, 0.15) is 0 Å². The molecule has 0 aliphatic heterocycles. The van der Waals surface area contributed by atoms with E-state index in [1.807, 2.05) is 60.7 Å². The van der Waals surface area contributed by atoms with Crippen molar-refractivity contribution >= 4 is 5.97 Å². The molecule has 116 valence electrons. The van der Waals surface area contributed by atoms with Crippen LogP contribution in [-0.4, -0.2) is 5.97 Å². The second-order valence-electron chi connectivity index (χ2n) is 5.50. The SMILES string of the molecule is CCCCCCC(=O)OC(c1ccccc1)c1ccccc1. The number of hydrogen-bond donors (Lipinski definition) is 0. The van der Waals surface area contributed by atoms with Gasteiger partial charge in [0, 0.05) is 6.42 Å². The van der Waals surface area contributed by atoms with Crippen molar-refractivity contribution in [2.45, 2.75) is 45.1 Å². The van der Waals surface area contributed by atoms with Gasteiger partial charge in [-0.1, -0.05) is 86.8 Å². The number of ether oxygens (including phenoxy) is 1. The molecular weight excluding hydrogens is 272 g/mol. The molecule has 0 fully saturated rings. The Hall–Kier alpha value is -2.09. The molecule has 22 heavy (non-hydrogen) atoms. The van der Waals surface area contributed by atoms with Crippen molar-refractivity contribution in [1.29, 1.82) is 0 Å². The minimum Gasteiger partial charge on any atom is -0.453 e. The number of hydrogen-bond acceptors (Lipinski definition) is 2. The van der Waals surface area contributed by atoms with Gasteiger partial charge in [0.2, 0.25) is 0 Å². The molecule has 2 rings (SSSR count). The molecule has 2 aromatic carbocycles. The summed E-state index contributed by atoms with van der Waals surface area (Å²) in [6.45, 7) is 2.17. The largest absolute Gasteiger partial charge is 0.453 e. The summed E-state index contributed by atoms with van der Waals surface area (Å²) in [6, 6.07) is 19.8. The Kier molecular flexibility index (Phi) is 6.69. The van der Waals surface area contributed by atoms with Gasteiger partial charge in [-0.15, -0.1) is 0 Å². The smallest absolute Gasteiger partial charge is 0.306 e. The van der Waals surface area contributed by atoms with E-state index in [2.05, 4.69) is 6.92 Å². The van der Waals surface area contributed by atoms with Crippen molar-refractivity contribution < 1.29 is 9.53 Å². The van der Waals surface area contributed by atoms with Crippen molar-refractivity contribution in [1.82, 2.24) is 0 Å². The highest BCUT2D eigenvalue weighted by atomic mass is 16.5.